The van der Waals surface area contributed by atoms with E-state index in [1.165, 1.54) is 0 Å². The van der Waals surface area contributed by atoms with Crippen molar-refractivity contribution in [1.82, 2.24) is 5.32 Å². The van der Waals surface area contributed by atoms with Crippen molar-refractivity contribution in [1.29, 1.82) is 0 Å². The molecule has 0 aromatic heterocycles. The second kappa shape index (κ2) is 7.65. The molecular formula is C15H21N2O3. The van der Waals surface area contributed by atoms with Crippen molar-refractivity contribution in [3.8, 4) is 0 Å². The maximum Gasteiger partial charge on any atom is 0.326 e. The third kappa shape index (κ3) is 5.40. The van der Waals surface area contributed by atoms with Gasteiger partial charge < -0.3 is 16.2 Å². The zero-order valence-electron chi connectivity index (χ0n) is 11.8. The number of hydrogen-bond donors (Lipinski definition) is 3. The fourth-order valence-electron chi connectivity index (χ4n) is 1.87. The van der Waals surface area contributed by atoms with Gasteiger partial charge in [-0.05, 0) is 24.0 Å². The summed E-state index contributed by atoms with van der Waals surface area (Å²) in [6, 6.07) is 8.36. The number of carbonyl (C=O) groups excluding carboxylic acids is 1. The number of hydrogen-bond acceptors (Lipinski definition) is 3. The van der Waals surface area contributed by atoms with Crippen LogP contribution in [0.1, 0.15) is 25.8 Å². The Morgan fingerprint density at radius 2 is 2.10 bits per heavy atom. The molecule has 1 amide bonds. The van der Waals surface area contributed by atoms with E-state index in [2.05, 4.69) is 11.4 Å². The molecule has 0 aliphatic rings. The number of carbonyl (C=O) groups is 2. The first kappa shape index (κ1) is 16.2. The van der Waals surface area contributed by atoms with Crippen LogP contribution in [0.15, 0.2) is 24.3 Å². The second-order valence-electron chi connectivity index (χ2n) is 5.23. The van der Waals surface area contributed by atoms with Crippen molar-refractivity contribution in [2.45, 2.75) is 38.8 Å². The zero-order chi connectivity index (χ0) is 15.1. The summed E-state index contributed by atoms with van der Waals surface area (Å²) in [5.41, 5.74) is 6.48. The zero-order valence-corrected chi connectivity index (χ0v) is 11.8. The molecule has 1 radical (unpaired) electrons. The molecule has 1 rings (SSSR count). The van der Waals surface area contributed by atoms with E-state index in [4.69, 9.17) is 5.73 Å². The Balaban J connectivity index is 2.64. The lowest BCUT2D eigenvalue weighted by molar-refractivity contribution is -0.142. The number of carboxylic acids is 1. The number of rotatable bonds is 7. The van der Waals surface area contributed by atoms with Crippen LogP contribution in [0.25, 0.3) is 0 Å². The van der Waals surface area contributed by atoms with E-state index < -0.39 is 24.0 Å². The fraction of sp³-hybridized carbons (Fsp3) is 0.467. The van der Waals surface area contributed by atoms with E-state index in [1.807, 2.05) is 13.8 Å². The van der Waals surface area contributed by atoms with Crippen molar-refractivity contribution in [3.63, 3.8) is 0 Å². The third-order valence-electron chi connectivity index (χ3n) is 2.87. The van der Waals surface area contributed by atoms with Gasteiger partial charge in [-0.3, -0.25) is 4.79 Å². The number of aliphatic carboxylic acids is 1. The standard InChI is InChI=1S/C15H21N2O3/c1-10(2)8-12(16)14(18)17-13(15(19)20)9-11-6-4-3-5-7-11/h3-6,10,12-13H,8-9,16H2,1-2H3,(H,17,18)(H,19,20). The summed E-state index contributed by atoms with van der Waals surface area (Å²) < 4.78 is 0. The Morgan fingerprint density at radius 1 is 1.40 bits per heavy atom. The van der Waals surface area contributed by atoms with Gasteiger partial charge >= 0.3 is 5.97 Å². The molecule has 0 aliphatic heterocycles. The van der Waals surface area contributed by atoms with E-state index in [0.717, 1.165) is 5.56 Å². The number of nitrogens with two attached hydrogens (primary N) is 1. The Hall–Kier alpha value is -1.88. The van der Waals surface area contributed by atoms with E-state index in [9.17, 15) is 14.7 Å². The fourth-order valence-corrected chi connectivity index (χ4v) is 1.87. The molecule has 5 heteroatoms. The molecule has 0 spiro atoms. The Bertz CT molecular complexity index is 446. The Morgan fingerprint density at radius 3 is 2.60 bits per heavy atom. The first-order valence-corrected chi connectivity index (χ1v) is 6.64. The molecule has 0 saturated heterocycles. The third-order valence-corrected chi connectivity index (χ3v) is 2.87. The van der Waals surface area contributed by atoms with Gasteiger partial charge in [0.1, 0.15) is 6.04 Å². The summed E-state index contributed by atoms with van der Waals surface area (Å²) in [4.78, 5) is 23.1. The number of nitrogens with one attached hydrogen (secondary N) is 1. The van der Waals surface area contributed by atoms with Crippen molar-refractivity contribution in [2.24, 2.45) is 11.7 Å². The highest BCUT2D eigenvalue weighted by atomic mass is 16.4. The molecule has 2 unspecified atom stereocenters. The van der Waals surface area contributed by atoms with Gasteiger partial charge in [-0.15, -0.1) is 0 Å². The number of benzene rings is 1. The lowest BCUT2D eigenvalue weighted by Gasteiger charge is -2.18. The summed E-state index contributed by atoms with van der Waals surface area (Å²) in [6.07, 6.45) is 0.714. The highest BCUT2D eigenvalue weighted by Crippen LogP contribution is 2.05. The Kier molecular flexibility index (Phi) is 6.18. The second-order valence-corrected chi connectivity index (χ2v) is 5.23. The van der Waals surface area contributed by atoms with Gasteiger partial charge in [0, 0.05) is 6.42 Å². The van der Waals surface area contributed by atoms with Crippen LogP contribution >= 0.6 is 0 Å². The SMILES string of the molecule is CC(C)CC(N)C(=O)NC(Cc1[c]cccc1)C(=O)O. The molecule has 0 bridgehead atoms. The topological polar surface area (TPSA) is 92.4 Å². The van der Waals surface area contributed by atoms with Gasteiger partial charge in [-0.1, -0.05) is 38.1 Å². The summed E-state index contributed by atoms with van der Waals surface area (Å²) in [5, 5.41) is 11.7. The van der Waals surface area contributed by atoms with Gasteiger partial charge in [-0.2, -0.15) is 0 Å². The van der Waals surface area contributed by atoms with Crippen molar-refractivity contribution >= 4 is 11.9 Å². The van der Waals surface area contributed by atoms with Crippen LogP contribution in [0, 0.1) is 12.0 Å². The van der Waals surface area contributed by atoms with E-state index in [0.29, 0.717) is 6.42 Å². The molecule has 2 atom stereocenters. The summed E-state index contributed by atoms with van der Waals surface area (Å²) >= 11 is 0. The van der Waals surface area contributed by atoms with Crippen LogP contribution in [0.3, 0.4) is 0 Å². The van der Waals surface area contributed by atoms with Crippen molar-refractivity contribution in [2.75, 3.05) is 0 Å². The molecule has 0 saturated carbocycles. The molecule has 20 heavy (non-hydrogen) atoms. The molecule has 0 heterocycles. The molecule has 1 aromatic rings. The monoisotopic (exact) mass is 277 g/mol. The van der Waals surface area contributed by atoms with E-state index in [1.54, 1.807) is 24.3 Å². The van der Waals surface area contributed by atoms with Gasteiger partial charge in [0.15, 0.2) is 0 Å². The van der Waals surface area contributed by atoms with Gasteiger partial charge in [0.2, 0.25) is 5.91 Å². The van der Waals surface area contributed by atoms with Gasteiger partial charge in [0.05, 0.1) is 6.04 Å². The quantitative estimate of drug-likeness (QED) is 0.692. The molecular weight excluding hydrogens is 256 g/mol. The van der Waals surface area contributed by atoms with Gasteiger partial charge in [0.25, 0.3) is 0 Å². The lowest BCUT2D eigenvalue weighted by atomic mass is 10.0. The molecule has 4 N–H and O–H groups in total. The van der Waals surface area contributed by atoms with Crippen molar-refractivity contribution in [3.05, 3.63) is 35.9 Å². The summed E-state index contributed by atoms with van der Waals surface area (Å²) in [6.45, 7) is 3.92. The van der Waals surface area contributed by atoms with Crippen LogP contribution in [-0.2, 0) is 16.0 Å². The van der Waals surface area contributed by atoms with Crippen LogP contribution in [0.5, 0.6) is 0 Å². The predicted octanol–water partition coefficient (Wildman–Crippen LogP) is 0.972. The number of carboxylic acid groups (broad SMARTS) is 1. The minimum Gasteiger partial charge on any atom is -0.480 e. The Labute approximate surface area is 119 Å². The molecule has 109 valence electrons. The van der Waals surface area contributed by atoms with E-state index in [-0.39, 0.29) is 12.3 Å². The highest BCUT2D eigenvalue weighted by Gasteiger charge is 2.23. The average molecular weight is 277 g/mol. The van der Waals surface area contributed by atoms with Gasteiger partial charge in [-0.25, -0.2) is 4.79 Å². The van der Waals surface area contributed by atoms with Crippen molar-refractivity contribution < 1.29 is 14.7 Å². The predicted molar refractivity (Wildman–Crippen MR) is 76.0 cm³/mol. The normalized spacial score (nSPS) is 13.8. The maximum atomic E-state index is 11.9. The van der Waals surface area contributed by atoms with Crippen LogP contribution in [-0.4, -0.2) is 29.1 Å². The van der Waals surface area contributed by atoms with Crippen LogP contribution in [0.2, 0.25) is 0 Å². The molecule has 0 fully saturated rings. The largest absolute Gasteiger partial charge is 0.480 e. The maximum absolute atomic E-state index is 11.9. The summed E-state index contributed by atoms with van der Waals surface area (Å²) in [7, 11) is 0. The highest BCUT2D eigenvalue weighted by molar-refractivity contribution is 5.86. The van der Waals surface area contributed by atoms with E-state index >= 15 is 0 Å². The molecule has 0 aliphatic carbocycles. The molecule has 5 nitrogen and oxygen atoms in total. The summed E-state index contributed by atoms with van der Waals surface area (Å²) in [5.74, 6) is -1.23. The first-order valence-electron chi connectivity index (χ1n) is 6.64. The molecule has 1 aromatic carbocycles. The minimum absolute atomic E-state index is 0.191. The average Bonchev–Trinajstić information content (AvgIpc) is 2.38. The minimum atomic E-state index is -1.08. The number of amides is 1. The first-order chi connectivity index (χ1) is 9.40. The van der Waals surface area contributed by atoms with Crippen LogP contribution in [0.4, 0.5) is 0 Å². The van der Waals surface area contributed by atoms with Crippen LogP contribution < -0.4 is 11.1 Å². The smallest absolute Gasteiger partial charge is 0.326 e. The lowest BCUT2D eigenvalue weighted by Crippen LogP contribution is -2.49.